The number of nitrogens with zero attached hydrogens (tertiary/aromatic N) is 2. The van der Waals surface area contributed by atoms with Crippen molar-refractivity contribution in [2.24, 2.45) is 0 Å². The van der Waals surface area contributed by atoms with Crippen molar-refractivity contribution in [3.05, 3.63) is 65.1 Å². The van der Waals surface area contributed by atoms with Crippen LogP contribution in [-0.2, 0) is 6.54 Å². The number of halogens is 2. The molecule has 24 heavy (non-hydrogen) atoms. The Balaban J connectivity index is 1.43. The van der Waals surface area contributed by atoms with Gasteiger partial charge < -0.3 is 9.88 Å². The number of aromatic nitrogens is 1. The lowest BCUT2D eigenvalue weighted by molar-refractivity contribution is 0.250. The number of aromatic amines is 1. The van der Waals surface area contributed by atoms with Crippen molar-refractivity contribution < 1.29 is 4.39 Å². The fourth-order valence-electron chi connectivity index (χ4n) is 3.39. The second-order valence-electron chi connectivity index (χ2n) is 6.22. The molecular weight excluding hydrogens is 325 g/mol. The minimum Gasteiger partial charge on any atom is -0.367 e. The van der Waals surface area contributed by atoms with Crippen molar-refractivity contribution >= 4 is 28.2 Å². The van der Waals surface area contributed by atoms with Gasteiger partial charge >= 0.3 is 0 Å². The van der Waals surface area contributed by atoms with Crippen molar-refractivity contribution in [1.29, 1.82) is 0 Å². The summed E-state index contributed by atoms with van der Waals surface area (Å²) >= 11 is 5.84. The van der Waals surface area contributed by atoms with Gasteiger partial charge in [0.05, 0.1) is 5.69 Å². The number of hydrogen-bond donors (Lipinski definition) is 1. The molecule has 2 aromatic carbocycles. The third-order valence-electron chi connectivity index (χ3n) is 4.69. The van der Waals surface area contributed by atoms with E-state index >= 15 is 0 Å². The van der Waals surface area contributed by atoms with Crippen LogP contribution in [0.2, 0.25) is 5.02 Å². The molecule has 3 nitrogen and oxygen atoms in total. The Morgan fingerprint density at radius 3 is 2.62 bits per heavy atom. The summed E-state index contributed by atoms with van der Waals surface area (Å²) in [7, 11) is 0. The lowest BCUT2D eigenvalue weighted by Gasteiger charge is -2.36. The van der Waals surface area contributed by atoms with Gasteiger partial charge in [0.2, 0.25) is 0 Å². The van der Waals surface area contributed by atoms with E-state index in [2.05, 4.69) is 39.2 Å². The van der Waals surface area contributed by atoms with Gasteiger partial charge in [0.15, 0.2) is 0 Å². The SMILES string of the molecule is Fc1cc(Cl)ccc1N1CCN(Cc2c[nH]c3ccccc23)CC1. The van der Waals surface area contributed by atoms with E-state index in [1.807, 2.05) is 6.07 Å². The van der Waals surface area contributed by atoms with Crippen LogP contribution in [0, 0.1) is 5.82 Å². The van der Waals surface area contributed by atoms with Crippen molar-refractivity contribution in [2.45, 2.75) is 6.54 Å². The van der Waals surface area contributed by atoms with Gasteiger partial charge in [-0.05, 0) is 29.8 Å². The van der Waals surface area contributed by atoms with Gasteiger partial charge in [0, 0.05) is 54.8 Å². The topological polar surface area (TPSA) is 22.3 Å². The zero-order chi connectivity index (χ0) is 16.5. The molecule has 1 aliphatic rings. The first kappa shape index (κ1) is 15.5. The van der Waals surface area contributed by atoms with Crippen molar-refractivity contribution in [3.63, 3.8) is 0 Å². The molecule has 0 bridgehead atoms. The first-order valence-electron chi connectivity index (χ1n) is 8.18. The van der Waals surface area contributed by atoms with Gasteiger partial charge in [-0.3, -0.25) is 4.90 Å². The molecule has 0 atom stereocenters. The highest BCUT2D eigenvalue weighted by molar-refractivity contribution is 6.30. The Labute approximate surface area is 145 Å². The zero-order valence-electron chi connectivity index (χ0n) is 13.3. The van der Waals surface area contributed by atoms with Gasteiger partial charge in [-0.1, -0.05) is 29.8 Å². The van der Waals surface area contributed by atoms with Crippen LogP contribution in [0.4, 0.5) is 10.1 Å². The van der Waals surface area contributed by atoms with Crippen LogP contribution in [0.25, 0.3) is 10.9 Å². The van der Waals surface area contributed by atoms with Crippen LogP contribution in [0.15, 0.2) is 48.7 Å². The second kappa shape index (κ2) is 6.46. The largest absolute Gasteiger partial charge is 0.367 e. The van der Waals surface area contributed by atoms with E-state index in [0.717, 1.165) is 32.7 Å². The lowest BCUT2D eigenvalue weighted by atomic mass is 10.1. The molecule has 0 saturated carbocycles. The van der Waals surface area contributed by atoms with E-state index in [4.69, 9.17) is 11.6 Å². The normalized spacial score (nSPS) is 16.0. The highest BCUT2D eigenvalue weighted by Crippen LogP contribution is 2.25. The highest BCUT2D eigenvalue weighted by atomic mass is 35.5. The number of hydrogen-bond acceptors (Lipinski definition) is 2. The first-order chi connectivity index (χ1) is 11.7. The van der Waals surface area contributed by atoms with E-state index in [-0.39, 0.29) is 5.82 Å². The summed E-state index contributed by atoms with van der Waals surface area (Å²) < 4.78 is 14.1. The second-order valence-corrected chi connectivity index (χ2v) is 6.65. The Morgan fingerprint density at radius 1 is 1.04 bits per heavy atom. The Bertz CT molecular complexity index is 853. The molecule has 124 valence electrons. The monoisotopic (exact) mass is 343 g/mol. The number of fused-ring (bicyclic) bond motifs is 1. The van der Waals surface area contributed by atoms with E-state index in [0.29, 0.717) is 10.7 Å². The quantitative estimate of drug-likeness (QED) is 0.766. The summed E-state index contributed by atoms with van der Waals surface area (Å²) in [5.41, 5.74) is 3.14. The third-order valence-corrected chi connectivity index (χ3v) is 4.93. The summed E-state index contributed by atoms with van der Waals surface area (Å²) in [6.45, 7) is 4.39. The molecule has 1 saturated heterocycles. The maximum Gasteiger partial charge on any atom is 0.147 e. The molecule has 0 unspecified atom stereocenters. The van der Waals surface area contributed by atoms with E-state index in [9.17, 15) is 4.39 Å². The minimum absolute atomic E-state index is 0.243. The van der Waals surface area contributed by atoms with Gasteiger partial charge in [0.1, 0.15) is 5.82 Å². The number of nitrogens with one attached hydrogen (secondary N) is 1. The van der Waals surface area contributed by atoms with Crippen molar-refractivity contribution in [1.82, 2.24) is 9.88 Å². The van der Waals surface area contributed by atoms with E-state index < -0.39 is 0 Å². The number of benzene rings is 2. The first-order valence-corrected chi connectivity index (χ1v) is 8.56. The summed E-state index contributed by atoms with van der Waals surface area (Å²) in [5.74, 6) is -0.243. The number of piperazine rings is 1. The summed E-state index contributed by atoms with van der Waals surface area (Å²) in [4.78, 5) is 7.84. The average Bonchev–Trinajstić information content (AvgIpc) is 2.99. The number of para-hydroxylation sites is 1. The molecule has 1 aromatic heterocycles. The molecule has 1 fully saturated rings. The van der Waals surface area contributed by atoms with Gasteiger partial charge in [-0.25, -0.2) is 4.39 Å². The molecule has 0 aliphatic carbocycles. The number of anilines is 1. The maximum absolute atomic E-state index is 14.1. The van der Waals surface area contributed by atoms with E-state index in [1.54, 1.807) is 12.1 Å². The van der Waals surface area contributed by atoms with Crippen LogP contribution in [-0.4, -0.2) is 36.1 Å². The molecule has 1 aliphatic heterocycles. The van der Waals surface area contributed by atoms with Crippen molar-refractivity contribution in [2.75, 3.05) is 31.1 Å². The predicted octanol–water partition coefficient (Wildman–Crippen LogP) is 4.28. The van der Waals surface area contributed by atoms with E-state index in [1.165, 1.54) is 22.5 Å². The van der Waals surface area contributed by atoms with Gasteiger partial charge in [0.25, 0.3) is 0 Å². The minimum atomic E-state index is -0.243. The Hall–Kier alpha value is -2.04. The molecule has 0 amide bonds. The summed E-state index contributed by atoms with van der Waals surface area (Å²) in [6, 6.07) is 13.3. The van der Waals surface area contributed by atoms with Crippen LogP contribution in [0.5, 0.6) is 0 Å². The molecular formula is C19H19ClFN3. The lowest BCUT2D eigenvalue weighted by Crippen LogP contribution is -2.46. The third kappa shape index (κ3) is 2.99. The summed E-state index contributed by atoms with van der Waals surface area (Å²) in [5, 5.41) is 1.72. The Kier molecular flexibility index (Phi) is 4.17. The average molecular weight is 344 g/mol. The molecule has 2 heterocycles. The fourth-order valence-corrected chi connectivity index (χ4v) is 3.55. The zero-order valence-corrected chi connectivity index (χ0v) is 14.1. The van der Waals surface area contributed by atoms with Crippen LogP contribution in [0.3, 0.4) is 0 Å². The molecule has 1 N–H and O–H groups in total. The fraction of sp³-hybridized carbons (Fsp3) is 0.263. The smallest absolute Gasteiger partial charge is 0.147 e. The predicted molar refractivity (Wildman–Crippen MR) is 97.2 cm³/mol. The van der Waals surface area contributed by atoms with Crippen molar-refractivity contribution in [3.8, 4) is 0 Å². The molecule has 3 aromatic rings. The highest BCUT2D eigenvalue weighted by Gasteiger charge is 2.20. The molecule has 0 radical (unpaired) electrons. The molecule has 0 spiro atoms. The Morgan fingerprint density at radius 2 is 1.83 bits per heavy atom. The van der Waals surface area contributed by atoms with Crippen LogP contribution in [0.1, 0.15) is 5.56 Å². The van der Waals surface area contributed by atoms with Crippen LogP contribution >= 0.6 is 11.6 Å². The number of H-pyrrole nitrogens is 1. The van der Waals surface area contributed by atoms with Gasteiger partial charge in [-0.15, -0.1) is 0 Å². The standard InChI is InChI=1S/C19H19ClFN3/c20-15-5-6-19(17(21)11-15)24-9-7-23(8-10-24)13-14-12-22-18-4-2-1-3-16(14)18/h1-6,11-12,22H,7-10,13H2. The number of rotatable bonds is 3. The molecule has 4 rings (SSSR count). The summed E-state index contributed by atoms with van der Waals surface area (Å²) in [6.07, 6.45) is 2.09. The van der Waals surface area contributed by atoms with Crippen LogP contribution < -0.4 is 4.90 Å². The molecule has 5 heteroatoms. The van der Waals surface area contributed by atoms with Gasteiger partial charge in [-0.2, -0.15) is 0 Å². The maximum atomic E-state index is 14.1.